The molecule has 0 N–H and O–H groups in total. The molecule has 170 valence electrons. The Hall–Kier alpha value is -4.30. The first-order valence-corrected chi connectivity index (χ1v) is 10.2. The molecular formula is C25H25N3O5. The molecule has 0 radical (unpaired) electrons. The molecule has 0 aliphatic heterocycles. The SMILES string of the molecule is COc1cc(/C=C/C(=O)OCC(=O)N(CCC#N)c2cc(C)cc(C)c2)ccc1OCC#N. The van der Waals surface area contributed by atoms with E-state index < -0.39 is 18.5 Å². The van der Waals surface area contributed by atoms with E-state index in [4.69, 9.17) is 24.7 Å². The number of anilines is 1. The Morgan fingerprint density at radius 2 is 1.76 bits per heavy atom. The highest BCUT2D eigenvalue weighted by Crippen LogP contribution is 2.28. The number of nitrogens with zero attached hydrogens (tertiary/aromatic N) is 3. The molecule has 1 amide bonds. The Morgan fingerprint density at radius 1 is 1.03 bits per heavy atom. The van der Waals surface area contributed by atoms with E-state index in [1.807, 2.05) is 44.2 Å². The molecule has 0 heterocycles. The second-order valence-corrected chi connectivity index (χ2v) is 7.10. The summed E-state index contributed by atoms with van der Waals surface area (Å²) >= 11 is 0. The first-order valence-electron chi connectivity index (χ1n) is 10.2. The van der Waals surface area contributed by atoms with Crippen molar-refractivity contribution in [3.63, 3.8) is 0 Å². The monoisotopic (exact) mass is 447 g/mol. The maximum atomic E-state index is 12.7. The van der Waals surface area contributed by atoms with Gasteiger partial charge in [0.05, 0.1) is 19.6 Å². The van der Waals surface area contributed by atoms with Gasteiger partial charge in [0.15, 0.2) is 24.7 Å². The number of nitriles is 2. The first kappa shape index (κ1) is 25.0. The van der Waals surface area contributed by atoms with Crippen LogP contribution < -0.4 is 14.4 Å². The van der Waals surface area contributed by atoms with Gasteiger partial charge in [0, 0.05) is 18.3 Å². The Bertz CT molecular complexity index is 1090. The average Bonchev–Trinajstić information content (AvgIpc) is 2.79. The fourth-order valence-corrected chi connectivity index (χ4v) is 3.11. The number of hydrogen-bond donors (Lipinski definition) is 0. The van der Waals surface area contributed by atoms with Crippen molar-refractivity contribution in [1.29, 1.82) is 10.5 Å². The smallest absolute Gasteiger partial charge is 0.331 e. The van der Waals surface area contributed by atoms with E-state index in [2.05, 4.69) is 0 Å². The molecule has 0 fully saturated rings. The molecule has 0 aliphatic carbocycles. The summed E-state index contributed by atoms with van der Waals surface area (Å²) in [6, 6.07) is 14.6. The van der Waals surface area contributed by atoms with Crippen LogP contribution in [-0.2, 0) is 14.3 Å². The lowest BCUT2D eigenvalue weighted by Gasteiger charge is -2.22. The van der Waals surface area contributed by atoms with E-state index in [1.54, 1.807) is 18.2 Å². The van der Waals surface area contributed by atoms with E-state index in [-0.39, 0.29) is 19.6 Å². The van der Waals surface area contributed by atoms with Crippen LogP contribution in [-0.4, -0.2) is 38.7 Å². The summed E-state index contributed by atoms with van der Waals surface area (Å²) in [6.07, 6.45) is 2.87. The fraction of sp³-hybridized carbons (Fsp3) is 0.280. The fourth-order valence-electron chi connectivity index (χ4n) is 3.11. The van der Waals surface area contributed by atoms with E-state index in [0.717, 1.165) is 11.1 Å². The number of ether oxygens (including phenoxy) is 3. The Morgan fingerprint density at radius 3 is 2.39 bits per heavy atom. The molecule has 8 nitrogen and oxygen atoms in total. The first-order chi connectivity index (χ1) is 15.9. The lowest BCUT2D eigenvalue weighted by atomic mass is 10.1. The Labute approximate surface area is 193 Å². The van der Waals surface area contributed by atoms with Gasteiger partial charge in [-0.3, -0.25) is 4.79 Å². The molecule has 2 aromatic carbocycles. The number of methoxy groups -OCH3 is 1. The van der Waals surface area contributed by atoms with Gasteiger partial charge in [0.25, 0.3) is 5.91 Å². The van der Waals surface area contributed by atoms with Crippen LogP contribution >= 0.6 is 0 Å². The van der Waals surface area contributed by atoms with E-state index in [9.17, 15) is 9.59 Å². The average molecular weight is 447 g/mol. The molecule has 0 saturated heterocycles. The van der Waals surface area contributed by atoms with Gasteiger partial charge in [-0.15, -0.1) is 0 Å². The standard InChI is InChI=1S/C25H25N3O5/c1-18-13-19(2)15-21(14-18)28(11-4-9-26)24(29)17-33-25(30)8-6-20-5-7-22(32-12-10-27)23(16-20)31-3/h5-8,13-16H,4,11-12,17H2,1-3H3/b8-6+. The van der Waals surface area contributed by atoms with Gasteiger partial charge in [-0.2, -0.15) is 10.5 Å². The topological polar surface area (TPSA) is 113 Å². The Balaban J connectivity index is 2.03. The highest BCUT2D eigenvalue weighted by Gasteiger charge is 2.17. The molecule has 0 spiro atoms. The zero-order valence-corrected chi connectivity index (χ0v) is 18.8. The van der Waals surface area contributed by atoms with Crippen molar-refractivity contribution >= 4 is 23.6 Å². The molecule has 2 rings (SSSR count). The van der Waals surface area contributed by atoms with Crippen molar-refractivity contribution in [3.8, 4) is 23.6 Å². The summed E-state index contributed by atoms with van der Waals surface area (Å²) in [4.78, 5) is 26.3. The molecule has 0 aromatic heterocycles. The van der Waals surface area contributed by atoms with E-state index in [1.165, 1.54) is 24.2 Å². The minimum Gasteiger partial charge on any atom is -0.493 e. The number of benzene rings is 2. The normalized spacial score (nSPS) is 10.2. The van der Waals surface area contributed by atoms with Crippen molar-refractivity contribution in [2.75, 3.05) is 31.8 Å². The zero-order chi connectivity index (χ0) is 24.2. The molecule has 0 bridgehead atoms. The lowest BCUT2D eigenvalue weighted by molar-refractivity contribution is -0.142. The molecule has 2 aromatic rings. The van der Waals surface area contributed by atoms with Gasteiger partial charge in [0.1, 0.15) is 6.07 Å². The summed E-state index contributed by atoms with van der Waals surface area (Å²) in [5.74, 6) is -0.281. The number of hydrogen-bond acceptors (Lipinski definition) is 7. The van der Waals surface area contributed by atoms with Crippen molar-refractivity contribution in [2.45, 2.75) is 20.3 Å². The summed E-state index contributed by atoms with van der Waals surface area (Å²) in [7, 11) is 1.47. The molecule has 33 heavy (non-hydrogen) atoms. The third-order valence-electron chi connectivity index (χ3n) is 4.50. The minimum atomic E-state index is -0.687. The van der Waals surface area contributed by atoms with Crippen LogP contribution in [0.2, 0.25) is 0 Å². The Kier molecular flexibility index (Phi) is 9.48. The maximum absolute atomic E-state index is 12.7. The number of carbonyl (C=O) groups is 2. The molecule has 0 atom stereocenters. The van der Waals surface area contributed by atoms with Gasteiger partial charge in [-0.25, -0.2) is 4.79 Å². The lowest BCUT2D eigenvalue weighted by Crippen LogP contribution is -2.35. The van der Waals surface area contributed by atoms with E-state index in [0.29, 0.717) is 22.7 Å². The second-order valence-electron chi connectivity index (χ2n) is 7.10. The highest BCUT2D eigenvalue weighted by atomic mass is 16.5. The number of aryl methyl sites for hydroxylation is 2. The minimum absolute atomic E-state index is 0.112. The van der Waals surface area contributed by atoms with Crippen LogP contribution in [0.5, 0.6) is 11.5 Å². The number of rotatable bonds is 10. The van der Waals surface area contributed by atoms with Crippen molar-refractivity contribution in [3.05, 3.63) is 59.2 Å². The van der Waals surface area contributed by atoms with Crippen molar-refractivity contribution < 1.29 is 23.8 Å². The van der Waals surface area contributed by atoms with Crippen molar-refractivity contribution in [2.24, 2.45) is 0 Å². The predicted molar refractivity (Wildman–Crippen MR) is 123 cm³/mol. The van der Waals surface area contributed by atoms with Crippen LogP contribution in [0.1, 0.15) is 23.1 Å². The summed E-state index contributed by atoms with van der Waals surface area (Å²) < 4.78 is 15.6. The van der Waals surface area contributed by atoms with Gasteiger partial charge in [0.2, 0.25) is 0 Å². The van der Waals surface area contributed by atoms with Crippen molar-refractivity contribution in [1.82, 2.24) is 0 Å². The summed E-state index contributed by atoms with van der Waals surface area (Å²) in [5, 5.41) is 17.6. The third kappa shape index (κ3) is 7.71. The van der Waals surface area contributed by atoms with Crippen LogP contribution in [0.4, 0.5) is 5.69 Å². The largest absolute Gasteiger partial charge is 0.493 e. The van der Waals surface area contributed by atoms with Gasteiger partial charge >= 0.3 is 5.97 Å². The van der Waals surface area contributed by atoms with Gasteiger partial charge in [-0.1, -0.05) is 12.1 Å². The molecular weight excluding hydrogens is 422 g/mol. The number of carbonyl (C=O) groups excluding carboxylic acids is 2. The zero-order valence-electron chi connectivity index (χ0n) is 18.8. The predicted octanol–water partition coefficient (Wildman–Crippen LogP) is 3.72. The molecule has 0 aliphatic rings. The number of amides is 1. The molecule has 8 heteroatoms. The van der Waals surface area contributed by atoms with Gasteiger partial charge in [-0.05, 0) is 60.9 Å². The van der Waals surface area contributed by atoms with Crippen LogP contribution in [0, 0.1) is 36.5 Å². The van der Waals surface area contributed by atoms with E-state index >= 15 is 0 Å². The van der Waals surface area contributed by atoms with Crippen LogP contribution in [0.25, 0.3) is 6.08 Å². The molecule has 0 unspecified atom stereocenters. The number of esters is 1. The summed E-state index contributed by atoms with van der Waals surface area (Å²) in [5.41, 5.74) is 3.27. The van der Waals surface area contributed by atoms with Crippen LogP contribution in [0.15, 0.2) is 42.5 Å². The maximum Gasteiger partial charge on any atom is 0.331 e. The van der Waals surface area contributed by atoms with Crippen LogP contribution in [0.3, 0.4) is 0 Å². The summed E-state index contributed by atoms with van der Waals surface area (Å²) in [6.45, 7) is 3.48. The molecule has 0 saturated carbocycles. The van der Waals surface area contributed by atoms with Gasteiger partial charge < -0.3 is 19.1 Å². The second kappa shape index (κ2) is 12.5. The third-order valence-corrected chi connectivity index (χ3v) is 4.50. The quantitative estimate of drug-likeness (QED) is 0.403. The highest BCUT2D eigenvalue weighted by molar-refractivity contribution is 5.96.